The van der Waals surface area contributed by atoms with E-state index < -0.39 is 17.9 Å². The lowest BCUT2D eigenvalue weighted by Gasteiger charge is -2.19. The molecule has 1 aromatic heterocycles. The van der Waals surface area contributed by atoms with Gasteiger partial charge in [-0.2, -0.15) is 0 Å². The molecule has 2 atom stereocenters. The van der Waals surface area contributed by atoms with E-state index in [0.717, 1.165) is 0 Å². The van der Waals surface area contributed by atoms with E-state index in [9.17, 15) is 9.59 Å². The molecule has 17 heavy (non-hydrogen) atoms. The standard InChI is InChI=1S/C9H14N4O4/c1-3-4(2)5(9(15)16)11-8(14)6-7(10)13-17-12-6/h4-5H,3H2,1-2H3,(H2,10,13)(H,11,14)(H,15,16)/t4?,5-/m0/s1. The molecule has 0 spiro atoms. The zero-order valence-corrected chi connectivity index (χ0v) is 9.51. The molecule has 0 saturated heterocycles. The van der Waals surface area contributed by atoms with Crippen LogP contribution in [0.5, 0.6) is 0 Å². The van der Waals surface area contributed by atoms with Crippen molar-refractivity contribution in [3.05, 3.63) is 5.69 Å². The second kappa shape index (κ2) is 5.28. The molecule has 1 aromatic rings. The third kappa shape index (κ3) is 2.92. The van der Waals surface area contributed by atoms with Gasteiger partial charge in [-0.25, -0.2) is 9.42 Å². The Hall–Kier alpha value is -2.12. The monoisotopic (exact) mass is 242 g/mol. The number of carboxylic acids is 1. The van der Waals surface area contributed by atoms with Gasteiger partial charge in [0.25, 0.3) is 5.91 Å². The van der Waals surface area contributed by atoms with Gasteiger partial charge in [0.2, 0.25) is 11.5 Å². The molecule has 0 bridgehead atoms. The first-order valence-corrected chi connectivity index (χ1v) is 5.09. The van der Waals surface area contributed by atoms with Crippen molar-refractivity contribution in [3.8, 4) is 0 Å². The highest BCUT2D eigenvalue weighted by atomic mass is 16.6. The van der Waals surface area contributed by atoms with Gasteiger partial charge in [0.15, 0.2) is 0 Å². The molecule has 0 aromatic carbocycles. The average molecular weight is 242 g/mol. The van der Waals surface area contributed by atoms with Crippen LogP contribution in [0.25, 0.3) is 0 Å². The summed E-state index contributed by atoms with van der Waals surface area (Å²) in [6.07, 6.45) is 0.615. The average Bonchev–Trinajstić information content (AvgIpc) is 2.70. The van der Waals surface area contributed by atoms with Crippen LogP contribution in [-0.2, 0) is 4.79 Å². The zero-order valence-electron chi connectivity index (χ0n) is 9.51. The summed E-state index contributed by atoms with van der Waals surface area (Å²) in [6.45, 7) is 3.56. The van der Waals surface area contributed by atoms with Crippen LogP contribution in [0, 0.1) is 5.92 Å². The van der Waals surface area contributed by atoms with Crippen molar-refractivity contribution in [3.63, 3.8) is 0 Å². The van der Waals surface area contributed by atoms with Gasteiger partial charge in [-0.15, -0.1) is 0 Å². The summed E-state index contributed by atoms with van der Waals surface area (Å²) in [5, 5.41) is 17.8. The van der Waals surface area contributed by atoms with Crippen LogP contribution in [0.15, 0.2) is 4.63 Å². The fourth-order valence-electron chi connectivity index (χ4n) is 1.25. The first-order valence-electron chi connectivity index (χ1n) is 5.09. The molecule has 0 aliphatic rings. The highest BCUT2D eigenvalue weighted by Crippen LogP contribution is 2.10. The van der Waals surface area contributed by atoms with Gasteiger partial charge in [0.05, 0.1) is 0 Å². The number of carbonyl (C=O) groups excluding carboxylic acids is 1. The number of rotatable bonds is 5. The number of carbonyl (C=O) groups is 2. The zero-order chi connectivity index (χ0) is 13.0. The van der Waals surface area contributed by atoms with Gasteiger partial charge < -0.3 is 16.2 Å². The fraction of sp³-hybridized carbons (Fsp3) is 0.556. The maximum atomic E-state index is 11.6. The Morgan fingerprint density at radius 1 is 1.53 bits per heavy atom. The van der Waals surface area contributed by atoms with E-state index >= 15 is 0 Å². The van der Waals surface area contributed by atoms with Gasteiger partial charge >= 0.3 is 5.97 Å². The number of hydrogen-bond donors (Lipinski definition) is 3. The van der Waals surface area contributed by atoms with E-state index in [1.54, 1.807) is 6.92 Å². The predicted molar refractivity (Wildman–Crippen MR) is 57.1 cm³/mol. The highest BCUT2D eigenvalue weighted by molar-refractivity contribution is 5.98. The number of nitrogens with two attached hydrogens (primary N) is 1. The summed E-state index contributed by atoms with van der Waals surface area (Å²) in [7, 11) is 0. The largest absolute Gasteiger partial charge is 0.480 e. The van der Waals surface area contributed by atoms with Crippen LogP contribution in [0.2, 0.25) is 0 Å². The van der Waals surface area contributed by atoms with Crippen molar-refractivity contribution in [2.75, 3.05) is 5.73 Å². The lowest BCUT2D eigenvalue weighted by atomic mass is 9.99. The Morgan fingerprint density at radius 3 is 2.59 bits per heavy atom. The molecule has 94 valence electrons. The van der Waals surface area contributed by atoms with Crippen LogP contribution in [-0.4, -0.2) is 33.3 Å². The summed E-state index contributed by atoms with van der Waals surface area (Å²) < 4.78 is 4.26. The molecule has 0 radical (unpaired) electrons. The molecule has 0 aliphatic carbocycles. The predicted octanol–water partition coefficient (Wildman–Crippen LogP) is -0.119. The van der Waals surface area contributed by atoms with E-state index in [4.69, 9.17) is 10.8 Å². The van der Waals surface area contributed by atoms with Crippen LogP contribution >= 0.6 is 0 Å². The van der Waals surface area contributed by atoms with Crippen LogP contribution in [0.3, 0.4) is 0 Å². The third-order valence-corrected chi connectivity index (χ3v) is 2.49. The van der Waals surface area contributed by atoms with E-state index in [2.05, 4.69) is 20.3 Å². The molecule has 8 heteroatoms. The minimum Gasteiger partial charge on any atom is -0.480 e. The molecular weight excluding hydrogens is 228 g/mol. The summed E-state index contributed by atoms with van der Waals surface area (Å²) in [5.74, 6) is -2.20. The number of amides is 1. The summed E-state index contributed by atoms with van der Waals surface area (Å²) >= 11 is 0. The molecular formula is C9H14N4O4. The van der Waals surface area contributed by atoms with Crippen molar-refractivity contribution < 1.29 is 19.3 Å². The molecule has 8 nitrogen and oxygen atoms in total. The minimum absolute atomic E-state index is 0.171. The van der Waals surface area contributed by atoms with Gasteiger partial charge in [-0.1, -0.05) is 20.3 Å². The molecule has 0 saturated carbocycles. The number of hydrogen-bond acceptors (Lipinski definition) is 6. The van der Waals surface area contributed by atoms with Crippen molar-refractivity contribution in [1.82, 2.24) is 15.6 Å². The van der Waals surface area contributed by atoms with E-state index in [-0.39, 0.29) is 17.4 Å². The minimum atomic E-state index is -1.11. The lowest BCUT2D eigenvalue weighted by Crippen LogP contribution is -2.45. The molecule has 0 fully saturated rings. The summed E-state index contributed by atoms with van der Waals surface area (Å²) in [6, 6.07) is -0.997. The number of aliphatic carboxylic acids is 1. The lowest BCUT2D eigenvalue weighted by molar-refractivity contribution is -0.140. The highest BCUT2D eigenvalue weighted by Gasteiger charge is 2.27. The number of nitrogens with zero attached hydrogens (tertiary/aromatic N) is 2. The van der Waals surface area contributed by atoms with Gasteiger partial charge in [-0.3, -0.25) is 4.79 Å². The Balaban J connectivity index is 2.78. The Morgan fingerprint density at radius 2 is 2.18 bits per heavy atom. The maximum Gasteiger partial charge on any atom is 0.326 e. The number of carboxylic acid groups (broad SMARTS) is 1. The van der Waals surface area contributed by atoms with E-state index in [1.807, 2.05) is 6.92 Å². The van der Waals surface area contributed by atoms with Crippen molar-refractivity contribution in [1.29, 1.82) is 0 Å². The van der Waals surface area contributed by atoms with Crippen LogP contribution in [0.4, 0.5) is 5.82 Å². The summed E-state index contributed by atoms with van der Waals surface area (Å²) in [5.41, 5.74) is 5.12. The molecule has 1 heterocycles. The molecule has 1 amide bonds. The first kappa shape index (κ1) is 12.9. The van der Waals surface area contributed by atoms with Gasteiger partial charge in [-0.05, 0) is 16.2 Å². The van der Waals surface area contributed by atoms with Gasteiger partial charge in [0, 0.05) is 0 Å². The summed E-state index contributed by atoms with van der Waals surface area (Å²) in [4.78, 5) is 22.6. The second-order valence-corrected chi connectivity index (χ2v) is 3.67. The molecule has 0 aliphatic heterocycles. The number of nitrogen functional groups attached to an aromatic ring is 1. The van der Waals surface area contributed by atoms with Crippen LogP contribution < -0.4 is 11.1 Å². The fourth-order valence-corrected chi connectivity index (χ4v) is 1.25. The Kier molecular flexibility index (Phi) is 4.02. The van der Waals surface area contributed by atoms with Crippen molar-refractivity contribution in [2.24, 2.45) is 5.92 Å². The number of aromatic nitrogens is 2. The van der Waals surface area contributed by atoms with E-state index in [1.165, 1.54) is 0 Å². The maximum absolute atomic E-state index is 11.6. The smallest absolute Gasteiger partial charge is 0.326 e. The molecule has 4 N–H and O–H groups in total. The quantitative estimate of drug-likeness (QED) is 0.655. The molecule has 1 rings (SSSR count). The first-order chi connectivity index (χ1) is 7.97. The Labute approximate surface area is 97.1 Å². The molecule has 1 unspecified atom stereocenters. The Bertz CT molecular complexity index is 417. The van der Waals surface area contributed by atoms with Gasteiger partial charge in [0.1, 0.15) is 6.04 Å². The van der Waals surface area contributed by atoms with E-state index in [0.29, 0.717) is 6.42 Å². The normalized spacial score (nSPS) is 14.0. The van der Waals surface area contributed by atoms with Crippen molar-refractivity contribution in [2.45, 2.75) is 26.3 Å². The topological polar surface area (TPSA) is 131 Å². The SMILES string of the molecule is CCC(C)[C@H](NC(=O)c1nonc1N)C(=O)O. The van der Waals surface area contributed by atoms with Crippen molar-refractivity contribution >= 4 is 17.7 Å². The second-order valence-electron chi connectivity index (χ2n) is 3.67. The number of nitrogens with one attached hydrogen (secondary N) is 1. The third-order valence-electron chi connectivity index (χ3n) is 2.49. The number of anilines is 1. The van der Waals surface area contributed by atoms with Crippen LogP contribution in [0.1, 0.15) is 30.8 Å².